The van der Waals surface area contributed by atoms with Crippen LogP contribution in [-0.2, 0) is 10.8 Å². The van der Waals surface area contributed by atoms with Gasteiger partial charge in [-0.05, 0) is 37.1 Å². The molecule has 0 aliphatic carbocycles. The lowest BCUT2D eigenvalue weighted by Gasteiger charge is -2.15. The number of amides is 2. The van der Waals surface area contributed by atoms with Gasteiger partial charge in [-0.15, -0.1) is 0 Å². The Morgan fingerprint density at radius 2 is 2.09 bits per heavy atom. The van der Waals surface area contributed by atoms with Gasteiger partial charge in [0.2, 0.25) is 0 Å². The van der Waals surface area contributed by atoms with Crippen molar-refractivity contribution in [3.05, 3.63) is 48.3 Å². The van der Waals surface area contributed by atoms with Crippen molar-refractivity contribution in [1.29, 1.82) is 0 Å². The van der Waals surface area contributed by atoms with E-state index in [1.165, 1.54) is 0 Å². The molecule has 2 amide bonds. The van der Waals surface area contributed by atoms with Crippen molar-refractivity contribution < 1.29 is 9.00 Å². The molecule has 1 aromatic carbocycles. The Morgan fingerprint density at radius 3 is 2.70 bits per heavy atom. The summed E-state index contributed by atoms with van der Waals surface area (Å²) in [6, 6.07) is 9.45. The molecule has 0 fully saturated rings. The molecule has 0 aliphatic rings. The van der Waals surface area contributed by atoms with E-state index in [0.717, 1.165) is 11.3 Å². The lowest BCUT2D eigenvalue weighted by molar-refractivity contribution is 0.238. The number of carbonyl (C=O) groups is 1. The van der Waals surface area contributed by atoms with Crippen molar-refractivity contribution in [2.24, 2.45) is 0 Å². The number of nitrogens with one attached hydrogen (secondary N) is 2. The van der Waals surface area contributed by atoms with Crippen LogP contribution in [0.2, 0.25) is 0 Å². The molecule has 6 nitrogen and oxygen atoms in total. The average Bonchev–Trinajstić information content (AvgIpc) is 3.06. The minimum atomic E-state index is -0.815. The Kier molecular flexibility index (Phi) is 6.34. The van der Waals surface area contributed by atoms with Gasteiger partial charge in [-0.1, -0.05) is 12.1 Å². The number of aromatic nitrogens is 2. The maximum absolute atomic E-state index is 11.8. The predicted molar refractivity (Wildman–Crippen MR) is 92.1 cm³/mol. The molecule has 0 saturated carbocycles. The third kappa shape index (κ3) is 5.52. The maximum atomic E-state index is 11.8. The molecule has 124 valence electrons. The summed E-state index contributed by atoms with van der Waals surface area (Å²) < 4.78 is 12.7. The van der Waals surface area contributed by atoms with Gasteiger partial charge in [-0.3, -0.25) is 4.21 Å². The lowest BCUT2D eigenvalue weighted by Crippen LogP contribution is -2.37. The molecular formula is C16H22N4O2S. The van der Waals surface area contributed by atoms with Gasteiger partial charge in [-0.25, -0.2) is 9.48 Å². The van der Waals surface area contributed by atoms with Crippen LogP contribution in [-0.4, -0.2) is 38.6 Å². The van der Waals surface area contributed by atoms with E-state index in [0.29, 0.717) is 18.7 Å². The standard InChI is InChI=1S/C16H22N4O2S/c1-13(19-16(21)17-9-4-12-23(2)22)14-5-7-15(8-6-14)20-11-3-10-18-20/h3,5-8,10-11,13H,4,9,12H2,1-2H3,(H2,17,19,21). The summed E-state index contributed by atoms with van der Waals surface area (Å²) in [5.41, 5.74) is 1.99. The van der Waals surface area contributed by atoms with Crippen molar-refractivity contribution in [1.82, 2.24) is 20.4 Å². The fraction of sp³-hybridized carbons (Fsp3) is 0.375. The van der Waals surface area contributed by atoms with Crippen molar-refractivity contribution >= 4 is 16.8 Å². The largest absolute Gasteiger partial charge is 0.338 e. The highest BCUT2D eigenvalue weighted by molar-refractivity contribution is 7.84. The van der Waals surface area contributed by atoms with Crippen LogP contribution < -0.4 is 10.6 Å². The SMILES string of the molecule is CC(NC(=O)NCCCS(C)=O)c1ccc(-n2cccn2)cc1. The summed E-state index contributed by atoms with van der Waals surface area (Å²) in [6.07, 6.45) is 5.99. The van der Waals surface area contributed by atoms with E-state index in [1.54, 1.807) is 17.1 Å². The molecule has 7 heteroatoms. The summed E-state index contributed by atoms with van der Waals surface area (Å²) >= 11 is 0. The molecule has 0 saturated heterocycles. The van der Waals surface area contributed by atoms with Gasteiger partial charge in [0.05, 0.1) is 11.7 Å². The average molecular weight is 334 g/mol. The molecule has 0 spiro atoms. The topological polar surface area (TPSA) is 76.0 Å². The van der Waals surface area contributed by atoms with E-state index in [1.807, 2.05) is 43.5 Å². The van der Waals surface area contributed by atoms with Crippen LogP contribution in [0.4, 0.5) is 4.79 Å². The maximum Gasteiger partial charge on any atom is 0.315 e. The van der Waals surface area contributed by atoms with Crippen LogP contribution in [0.5, 0.6) is 0 Å². The van der Waals surface area contributed by atoms with Gasteiger partial charge >= 0.3 is 6.03 Å². The number of rotatable bonds is 7. The number of hydrogen-bond donors (Lipinski definition) is 2. The molecule has 2 N–H and O–H groups in total. The highest BCUT2D eigenvalue weighted by Crippen LogP contribution is 2.15. The predicted octanol–water partition coefficient (Wildman–Crippen LogP) is 2.00. The number of hydrogen-bond acceptors (Lipinski definition) is 3. The van der Waals surface area contributed by atoms with Crippen LogP contribution in [0, 0.1) is 0 Å². The second-order valence-electron chi connectivity index (χ2n) is 5.29. The van der Waals surface area contributed by atoms with Crippen molar-refractivity contribution in [2.75, 3.05) is 18.6 Å². The molecule has 0 radical (unpaired) electrons. The van der Waals surface area contributed by atoms with Crippen LogP contribution >= 0.6 is 0 Å². The second kappa shape index (κ2) is 8.47. The van der Waals surface area contributed by atoms with Gasteiger partial charge in [0.1, 0.15) is 0 Å². The first kappa shape index (κ1) is 17.2. The first-order chi connectivity index (χ1) is 11.1. The van der Waals surface area contributed by atoms with Crippen LogP contribution in [0.1, 0.15) is 24.9 Å². The van der Waals surface area contributed by atoms with Crippen LogP contribution in [0.15, 0.2) is 42.7 Å². The smallest absolute Gasteiger partial charge is 0.315 e. The zero-order valence-electron chi connectivity index (χ0n) is 13.4. The molecule has 2 unspecified atom stereocenters. The van der Waals surface area contributed by atoms with Crippen molar-refractivity contribution in [2.45, 2.75) is 19.4 Å². The normalized spacial score (nSPS) is 13.3. The summed E-state index contributed by atoms with van der Waals surface area (Å²) in [5, 5.41) is 9.84. The number of benzene rings is 1. The fourth-order valence-corrected chi connectivity index (χ4v) is 2.70. The number of urea groups is 1. The van der Waals surface area contributed by atoms with E-state index in [2.05, 4.69) is 15.7 Å². The minimum absolute atomic E-state index is 0.0954. The first-order valence-electron chi connectivity index (χ1n) is 7.50. The van der Waals surface area contributed by atoms with Gasteiger partial charge in [0.15, 0.2) is 0 Å². The third-order valence-corrected chi connectivity index (χ3v) is 4.27. The number of nitrogens with zero attached hydrogens (tertiary/aromatic N) is 2. The zero-order chi connectivity index (χ0) is 16.7. The van der Waals surface area contributed by atoms with E-state index < -0.39 is 10.8 Å². The van der Waals surface area contributed by atoms with Crippen LogP contribution in [0.25, 0.3) is 5.69 Å². The minimum Gasteiger partial charge on any atom is -0.338 e. The molecule has 0 bridgehead atoms. The van der Waals surface area contributed by atoms with Crippen molar-refractivity contribution in [3.63, 3.8) is 0 Å². The van der Waals surface area contributed by atoms with Crippen molar-refractivity contribution in [3.8, 4) is 5.69 Å². The zero-order valence-corrected chi connectivity index (χ0v) is 14.2. The Bertz CT molecular complexity index is 641. The third-order valence-electron chi connectivity index (χ3n) is 3.40. The Balaban J connectivity index is 1.82. The van der Waals surface area contributed by atoms with E-state index in [9.17, 15) is 9.00 Å². The molecule has 1 heterocycles. The lowest BCUT2D eigenvalue weighted by atomic mass is 10.1. The first-order valence-corrected chi connectivity index (χ1v) is 9.23. The summed E-state index contributed by atoms with van der Waals surface area (Å²) in [5.74, 6) is 0.602. The van der Waals surface area contributed by atoms with Gasteiger partial charge in [-0.2, -0.15) is 5.10 Å². The molecular weight excluding hydrogens is 312 g/mol. The molecule has 2 atom stereocenters. The highest BCUT2D eigenvalue weighted by atomic mass is 32.2. The fourth-order valence-electron chi connectivity index (χ4n) is 2.15. The van der Waals surface area contributed by atoms with E-state index in [-0.39, 0.29) is 12.1 Å². The van der Waals surface area contributed by atoms with Gasteiger partial charge < -0.3 is 10.6 Å². The Labute approximate surface area is 138 Å². The second-order valence-corrected chi connectivity index (χ2v) is 6.85. The Hall–Kier alpha value is -2.15. The molecule has 0 aliphatic heterocycles. The summed E-state index contributed by atoms with van der Waals surface area (Å²) in [7, 11) is -0.815. The van der Waals surface area contributed by atoms with E-state index in [4.69, 9.17) is 0 Å². The number of carbonyl (C=O) groups excluding carboxylic acids is 1. The quantitative estimate of drug-likeness (QED) is 0.761. The molecule has 23 heavy (non-hydrogen) atoms. The van der Waals surface area contributed by atoms with Gasteiger partial charge in [0.25, 0.3) is 0 Å². The van der Waals surface area contributed by atoms with Gasteiger partial charge in [0, 0.05) is 41.7 Å². The molecule has 2 rings (SSSR count). The Morgan fingerprint density at radius 1 is 1.35 bits per heavy atom. The molecule has 1 aromatic heterocycles. The van der Waals surface area contributed by atoms with Crippen LogP contribution in [0.3, 0.4) is 0 Å². The monoisotopic (exact) mass is 334 g/mol. The highest BCUT2D eigenvalue weighted by Gasteiger charge is 2.09. The summed E-state index contributed by atoms with van der Waals surface area (Å²) in [4.78, 5) is 11.8. The molecule has 2 aromatic rings. The summed E-state index contributed by atoms with van der Waals surface area (Å²) in [6.45, 7) is 2.46. The van der Waals surface area contributed by atoms with E-state index >= 15 is 0 Å².